The number of rotatable bonds is 5. The van der Waals surface area contributed by atoms with Gasteiger partial charge in [-0.05, 0) is 18.6 Å². The molecule has 6 nitrogen and oxygen atoms in total. The summed E-state index contributed by atoms with van der Waals surface area (Å²) in [6, 6.07) is 3.65. The van der Waals surface area contributed by atoms with Crippen molar-refractivity contribution in [2.45, 2.75) is 26.3 Å². The summed E-state index contributed by atoms with van der Waals surface area (Å²) < 4.78 is 0. The second kappa shape index (κ2) is 6.08. The largest absolute Gasteiger partial charge is 0.336 e. The molecule has 0 spiro atoms. The monoisotopic (exact) mass is 259 g/mol. The quantitative estimate of drug-likeness (QED) is 0.881. The standard InChI is InChI=1S/C13H17N5O/c1-3-4-11-7-12(17-16-11)9-18(2)13(19)10-5-6-14-15-8-10/h5-8H,3-4,9H2,1-2H3,(H,16,17). The van der Waals surface area contributed by atoms with Crippen molar-refractivity contribution in [3.63, 3.8) is 0 Å². The molecule has 0 radical (unpaired) electrons. The molecule has 0 saturated carbocycles. The molecule has 0 aliphatic carbocycles. The summed E-state index contributed by atoms with van der Waals surface area (Å²) in [5, 5.41) is 14.5. The molecule has 1 amide bonds. The number of carbonyl (C=O) groups is 1. The van der Waals surface area contributed by atoms with Gasteiger partial charge in [0.15, 0.2) is 0 Å². The van der Waals surface area contributed by atoms with E-state index in [0.717, 1.165) is 24.2 Å². The maximum Gasteiger partial charge on any atom is 0.255 e. The van der Waals surface area contributed by atoms with Crippen LogP contribution in [-0.4, -0.2) is 38.2 Å². The summed E-state index contributed by atoms with van der Waals surface area (Å²) in [5.74, 6) is -0.0819. The van der Waals surface area contributed by atoms with E-state index in [0.29, 0.717) is 12.1 Å². The molecule has 19 heavy (non-hydrogen) atoms. The van der Waals surface area contributed by atoms with Gasteiger partial charge in [-0.25, -0.2) is 0 Å². The van der Waals surface area contributed by atoms with Crippen molar-refractivity contribution in [1.82, 2.24) is 25.3 Å². The minimum Gasteiger partial charge on any atom is -0.336 e. The molecule has 1 N–H and O–H groups in total. The predicted octanol–water partition coefficient (Wildman–Crippen LogP) is 1.42. The van der Waals surface area contributed by atoms with Gasteiger partial charge in [0.25, 0.3) is 5.91 Å². The van der Waals surface area contributed by atoms with E-state index < -0.39 is 0 Å². The van der Waals surface area contributed by atoms with Gasteiger partial charge in [-0.1, -0.05) is 13.3 Å². The Labute approximate surface area is 111 Å². The Bertz CT molecular complexity index is 537. The van der Waals surface area contributed by atoms with Crippen molar-refractivity contribution in [2.24, 2.45) is 0 Å². The average molecular weight is 259 g/mol. The molecule has 100 valence electrons. The van der Waals surface area contributed by atoms with Gasteiger partial charge < -0.3 is 4.90 Å². The summed E-state index contributed by atoms with van der Waals surface area (Å²) in [4.78, 5) is 13.7. The molecule has 2 heterocycles. The van der Waals surface area contributed by atoms with Crippen LogP contribution in [0.5, 0.6) is 0 Å². The van der Waals surface area contributed by atoms with Crippen molar-refractivity contribution in [3.05, 3.63) is 41.5 Å². The van der Waals surface area contributed by atoms with E-state index in [1.54, 1.807) is 18.0 Å². The minimum atomic E-state index is -0.0819. The molecule has 0 bridgehead atoms. The van der Waals surface area contributed by atoms with E-state index >= 15 is 0 Å². The number of H-pyrrole nitrogens is 1. The maximum atomic E-state index is 12.1. The van der Waals surface area contributed by atoms with Crippen LogP contribution in [0.15, 0.2) is 24.5 Å². The number of amides is 1. The van der Waals surface area contributed by atoms with Crippen LogP contribution in [0.1, 0.15) is 35.1 Å². The van der Waals surface area contributed by atoms with E-state index in [-0.39, 0.29) is 5.91 Å². The van der Waals surface area contributed by atoms with Gasteiger partial charge in [0.05, 0.1) is 35.9 Å². The number of aromatic nitrogens is 4. The highest BCUT2D eigenvalue weighted by Gasteiger charge is 2.13. The first-order valence-corrected chi connectivity index (χ1v) is 6.26. The first-order valence-electron chi connectivity index (χ1n) is 6.26. The molecule has 6 heteroatoms. The number of aryl methyl sites for hydroxylation is 1. The van der Waals surface area contributed by atoms with Gasteiger partial charge in [0.1, 0.15) is 0 Å². The van der Waals surface area contributed by atoms with Gasteiger partial charge >= 0.3 is 0 Å². The molecule has 0 unspecified atom stereocenters. The normalized spacial score (nSPS) is 10.4. The van der Waals surface area contributed by atoms with Crippen LogP contribution in [0.2, 0.25) is 0 Å². The van der Waals surface area contributed by atoms with E-state index in [2.05, 4.69) is 27.3 Å². The van der Waals surface area contributed by atoms with Gasteiger partial charge in [-0.3, -0.25) is 9.89 Å². The summed E-state index contributed by atoms with van der Waals surface area (Å²) in [6.45, 7) is 2.61. The number of hydrogen-bond donors (Lipinski definition) is 1. The Hall–Kier alpha value is -2.24. The van der Waals surface area contributed by atoms with Gasteiger partial charge in [-0.2, -0.15) is 15.3 Å². The van der Waals surface area contributed by atoms with E-state index in [1.165, 1.54) is 12.4 Å². The first kappa shape index (κ1) is 13.2. The second-order valence-corrected chi connectivity index (χ2v) is 4.43. The molecule has 0 aliphatic heterocycles. The number of carbonyl (C=O) groups excluding carboxylic acids is 1. The number of nitrogens with one attached hydrogen (secondary N) is 1. The summed E-state index contributed by atoms with van der Waals surface area (Å²) >= 11 is 0. The van der Waals surface area contributed by atoms with Crippen LogP contribution < -0.4 is 0 Å². The van der Waals surface area contributed by atoms with Crippen molar-refractivity contribution in [1.29, 1.82) is 0 Å². The highest BCUT2D eigenvalue weighted by Crippen LogP contribution is 2.07. The Morgan fingerprint density at radius 1 is 1.42 bits per heavy atom. The highest BCUT2D eigenvalue weighted by atomic mass is 16.2. The maximum absolute atomic E-state index is 12.1. The summed E-state index contributed by atoms with van der Waals surface area (Å²) in [5.41, 5.74) is 2.50. The van der Waals surface area contributed by atoms with Crippen molar-refractivity contribution in [3.8, 4) is 0 Å². The first-order chi connectivity index (χ1) is 9.20. The highest BCUT2D eigenvalue weighted by molar-refractivity contribution is 5.93. The Morgan fingerprint density at radius 3 is 2.95 bits per heavy atom. The zero-order chi connectivity index (χ0) is 13.7. The summed E-state index contributed by atoms with van der Waals surface area (Å²) in [7, 11) is 1.75. The molecule has 0 aliphatic rings. The lowest BCUT2D eigenvalue weighted by Gasteiger charge is -2.15. The van der Waals surface area contributed by atoms with Crippen LogP contribution in [-0.2, 0) is 13.0 Å². The fourth-order valence-electron chi connectivity index (χ4n) is 1.84. The fourth-order valence-corrected chi connectivity index (χ4v) is 1.84. The minimum absolute atomic E-state index is 0.0819. The SMILES string of the molecule is CCCc1cc(CN(C)C(=O)c2ccnnc2)[nH]n1. The lowest BCUT2D eigenvalue weighted by atomic mass is 10.2. The molecular weight excluding hydrogens is 242 g/mol. The van der Waals surface area contributed by atoms with Crippen molar-refractivity contribution >= 4 is 5.91 Å². The van der Waals surface area contributed by atoms with Gasteiger partial charge in [0, 0.05) is 7.05 Å². The third-order valence-electron chi connectivity index (χ3n) is 2.78. The third-order valence-corrected chi connectivity index (χ3v) is 2.78. The lowest BCUT2D eigenvalue weighted by Crippen LogP contribution is -2.26. The Balaban J connectivity index is 2.00. The fraction of sp³-hybridized carbons (Fsp3) is 0.385. The smallest absolute Gasteiger partial charge is 0.255 e. The number of nitrogens with zero attached hydrogens (tertiary/aromatic N) is 4. The number of hydrogen-bond acceptors (Lipinski definition) is 4. The Morgan fingerprint density at radius 2 is 2.26 bits per heavy atom. The zero-order valence-electron chi connectivity index (χ0n) is 11.1. The van der Waals surface area contributed by atoms with E-state index in [9.17, 15) is 4.79 Å². The van der Waals surface area contributed by atoms with Crippen molar-refractivity contribution in [2.75, 3.05) is 7.05 Å². The molecule has 0 atom stereocenters. The van der Waals surface area contributed by atoms with Crippen LogP contribution in [0.25, 0.3) is 0 Å². The molecule has 2 aromatic heterocycles. The summed E-state index contributed by atoms with van der Waals surface area (Å²) in [6.07, 6.45) is 4.98. The molecule has 0 fully saturated rings. The van der Waals surface area contributed by atoms with Crippen molar-refractivity contribution < 1.29 is 4.79 Å². The molecular formula is C13H17N5O. The molecule has 0 saturated heterocycles. The van der Waals surface area contributed by atoms with Gasteiger partial charge in [0.2, 0.25) is 0 Å². The van der Waals surface area contributed by atoms with E-state index in [4.69, 9.17) is 0 Å². The van der Waals surface area contributed by atoms with Crippen LogP contribution >= 0.6 is 0 Å². The average Bonchev–Trinajstić information content (AvgIpc) is 2.86. The van der Waals surface area contributed by atoms with Crippen LogP contribution in [0.3, 0.4) is 0 Å². The molecule has 0 aromatic carbocycles. The zero-order valence-corrected chi connectivity index (χ0v) is 11.1. The lowest BCUT2D eigenvalue weighted by molar-refractivity contribution is 0.0782. The Kier molecular flexibility index (Phi) is 4.22. The number of aromatic amines is 1. The molecule has 2 aromatic rings. The topological polar surface area (TPSA) is 74.8 Å². The third kappa shape index (κ3) is 3.37. The van der Waals surface area contributed by atoms with Crippen LogP contribution in [0, 0.1) is 0 Å². The molecule has 2 rings (SSSR count). The predicted molar refractivity (Wildman–Crippen MR) is 70.4 cm³/mol. The van der Waals surface area contributed by atoms with E-state index in [1.807, 2.05) is 6.07 Å². The second-order valence-electron chi connectivity index (χ2n) is 4.43. The van der Waals surface area contributed by atoms with Gasteiger partial charge in [-0.15, -0.1) is 0 Å². The van der Waals surface area contributed by atoms with Crippen LogP contribution in [0.4, 0.5) is 0 Å².